The monoisotopic (exact) mass is 245 g/mol. The van der Waals surface area contributed by atoms with Crippen LogP contribution in [0.5, 0.6) is 0 Å². The van der Waals surface area contributed by atoms with E-state index in [1.165, 1.54) is 0 Å². The average Bonchev–Trinajstić information content (AvgIpc) is 2.22. The van der Waals surface area contributed by atoms with Crippen molar-refractivity contribution in [1.29, 1.82) is 0 Å². The highest BCUT2D eigenvalue weighted by Gasteiger charge is 2.40. The highest BCUT2D eigenvalue weighted by Crippen LogP contribution is 2.29. The first-order valence-electron chi connectivity index (χ1n) is 5.43. The van der Waals surface area contributed by atoms with Crippen LogP contribution in [0.1, 0.15) is 5.56 Å². The van der Waals surface area contributed by atoms with Gasteiger partial charge >= 0.3 is 6.18 Å². The lowest BCUT2D eigenvalue weighted by atomic mass is 9.76. The summed E-state index contributed by atoms with van der Waals surface area (Å²) in [4.78, 5) is 0. The van der Waals surface area contributed by atoms with Crippen molar-refractivity contribution in [2.24, 2.45) is 0 Å². The van der Waals surface area contributed by atoms with Crippen LogP contribution in [-0.4, -0.2) is 32.5 Å². The van der Waals surface area contributed by atoms with E-state index >= 15 is 0 Å². The van der Waals surface area contributed by atoms with E-state index in [9.17, 15) is 13.2 Å². The molecule has 17 heavy (non-hydrogen) atoms. The predicted molar refractivity (Wildman–Crippen MR) is 57.9 cm³/mol. The zero-order valence-electron chi connectivity index (χ0n) is 9.26. The maximum Gasteiger partial charge on any atom is 0.411 e. The molecule has 0 amide bonds. The second-order valence-corrected chi connectivity index (χ2v) is 4.36. The zero-order valence-corrected chi connectivity index (χ0v) is 9.26. The van der Waals surface area contributed by atoms with E-state index in [-0.39, 0.29) is 12.0 Å². The maximum absolute atomic E-state index is 12.0. The van der Waals surface area contributed by atoms with Crippen molar-refractivity contribution in [3.8, 4) is 0 Å². The van der Waals surface area contributed by atoms with E-state index in [0.717, 1.165) is 5.56 Å². The van der Waals surface area contributed by atoms with Crippen molar-refractivity contribution in [2.75, 3.05) is 26.3 Å². The molecule has 1 aliphatic heterocycles. The molecule has 94 valence electrons. The lowest BCUT2D eigenvalue weighted by Gasteiger charge is -2.43. The molecule has 1 N–H and O–H groups in total. The van der Waals surface area contributed by atoms with Crippen LogP contribution < -0.4 is 5.32 Å². The highest BCUT2D eigenvalue weighted by molar-refractivity contribution is 5.29. The number of hydrogen-bond acceptors (Lipinski definition) is 2. The molecule has 1 saturated heterocycles. The number of ether oxygens (including phenoxy) is 1. The minimum atomic E-state index is -4.25. The quantitative estimate of drug-likeness (QED) is 0.877. The highest BCUT2D eigenvalue weighted by atomic mass is 19.4. The Balaban J connectivity index is 1.97. The van der Waals surface area contributed by atoms with Crippen LogP contribution in [0.2, 0.25) is 0 Å². The zero-order chi connectivity index (χ0) is 12.4. The Morgan fingerprint density at radius 2 is 1.82 bits per heavy atom. The molecule has 0 unspecified atom stereocenters. The lowest BCUT2D eigenvalue weighted by Crippen LogP contribution is -2.59. The van der Waals surface area contributed by atoms with Gasteiger partial charge in [-0.25, -0.2) is 0 Å². The second-order valence-electron chi connectivity index (χ2n) is 4.36. The molecular formula is C12H14F3NO. The summed E-state index contributed by atoms with van der Waals surface area (Å²) in [5.41, 5.74) is 0.730. The van der Waals surface area contributed by atoms with Crippen LogP contribution in [-0.2, 0) is 10.2 Å². The van der Waals surface area contributed by atoms with Crippen molar-refractivity contribution in [3.05, 3.63) is 35.9 Å². The molecule has 1 aromatic rings. The molecule has 1 heterocycles. The topological polar surface area (TPSA) is 21.3 Å². The fourth-order valence-electron chi connectivity index (χ4n) is 1.97. The Morgan fingerprint density at radius 1 is 1.18 bits per heavy atom. The Hall–Kier alpha value is -1.07. The van der Waals surface area contributed by atoms with Crippen LogP contribution in [0.15, 0.2) is 30.3 Å². The summed E-state index contributed by atoms with van der Waals surface area (Å²) in [7, 11) is 0. The second kappa shape index (κ2) is 4.66. The number of nitrogens with one attached hydrogen (secondary N) is 1. The molecule has 0 radical (unpaired) electrons. The smallest absolute Gasteiger partial charge is 0.371 e. The summed E-state index contributed by atoms with van der Waals surface area (Å²) in [5, 5.41) is 3.09. The molecule has 1 aliphatic rings. The van der Waals surface area contributed by atoms with Gasteiger partial charge in [-0.1, -0.05) is 30.3 Å². The minimum absolute atomic E-state index is 0.101. The van der Waals surface area contributed by atoms with Gasteiger partial charge in [0.2, 0.25) is 0 Å². The SMILES string of the molecule is FC(F)(F)COCC1(c2ccccc2)CNC1. The third-order valence-corrected chi connectivity index (χ3v) is 2.96. The molecule has 1 fully saturated rings. The third kappa shape index (κ3) is 2.98. The van der Waals surface area contributed by atoms with Gasteiger partial charge < -0.3 is 10.1 Å². The molecule has 1 aromatic carbocycles. The maximum atomic E-state index is 12.0. The summed E-state index contributed by atoms with van der Waals surface area (Å²) in [6, 6.07) is 9.52. The van der Waals surface area contributed by atoms with E-state index in [4.69, 9.17) is 4.74 Å². The predicted octanol–water partition coefficient (Wildman–Crippen LogP) is 2.11. The van der Waals surface area contributed by atoms with E-state index in [1.807, 2.05) is 30.3 Å². The summed E-state index contributed by atoms with van der Waals surface area (Å²) in [6.45, 7) is 0.245. The molecule has 0 aromatic heterocycles. The first kappa shape index (κ1) is 12.4. The molecule has 0 bridgehead atoms. The van der Waals surface area contributed by atoms with E-state index in [1.54, 1.807) is 0 Å². The lowest BCUT2D eigenvalue weighted by molar-refractivity contribution is -0.179. The van der Waals surface area contributed by atoms with Gasteiger partial charge in [-0.05, 0) is 5.56 Å². The largest absolute Gasteiger partial charge is 0.411 e. The van der Waals surface area contributed by atoms with Crippen LogP contribution in [0.3, 0.4) is 0 Å². The number of rotatable bonds is 4. The van der Waals surface area contributed by atoms with Gasteiger partial charge in [0.05, 0.1) is 6.61 Å². The van der Waals surface area contributed by atoms with Gasteiger partial charge in [-0.15, -0.1) is 0 Å². The molecule has 0 atom stereocenters. The van der Waals surface area contributed by atoms with Crippen molar-refractivity contribution >= 4 is 0 Å². The van der Waals surface area contributed by atoms with Crippen LogP contribution in [0.25, 0.3) is 0 Å². The van der Waals surface area contributed by atoms with Gasteiger partial charge in [0.15, 0.2) is 0 Å². The molecular weight excluding hydrogens is 231 g/mol. The van der Waals surface area contributed by atoms with Crippen molar-refractivity contribution in [3.63, 3.8) is 0 Å². The first-order valence-corrected chi connectivity index (χ1v) is 5.43. The van der Waals surface area contributed by atoms with Gasteiger partial charge in [0.25, 0.3) is 0 Å². The van der Waals surface area contributed by atoms with E-state index in [0.29, 0.717) is 13.1 Å². The summed E-state index contributed by atoms with van der Waals surface area (Å²) < 4.78 is 40.8. The molecule has 5 heteroatoms. The number of benzene rings is 1. The number of hydrogen-bond donors (Lipinski definition) is 1. The van der Waals surface area contributed by atoms with Crippen molar-refractivity contribution < 1.29 is 17.9 Å². The van der Waals surface area contributed by atoms with E-state index < -0.39 is 12.8 Å². The van der Waals surface area contributed by atoms with Gasteiger partial charge in [0.1, 0.15) is 6.61 Å². The Morgan fingerprint density at radius 3 is 2.29 bits per heavy atom. The average molecular weight is 245 g/mol. The van der Waals surface area contributed by atoms with Gasteiger partial charge in [-0.2, -0.15) is 13.2 Å². The Bertz CT molecular complexity index is 360. The fraction of sp³-hybridized carbons (Fsp3) is 0.500. The summed E-state index contributed by atoms with van der Waals surface area (Å²) in [5.74, 6) is 0. The molecule has 0 aliphatic carbocycles. The molecule has 0 spiro atoms. The number of halogens is 3. The molecule has 2 rings (SSSR count). The molecule has 0 saturated carbocycles. The summed E-state index contributed by atoms with van der Waals surface area (Å²) in [6.07, 6.45) is -4.25. The van der Waals surface area contributed by atoms with Gasteiger partial charge in [0, 0.05) is 18.5 Å². The van der Waals surface area contributed by atoms with E-state index in [2.05, 4.69) is 5.32 Å². The minimum Gasteiger partial charge on any atom is -0.371 e. The first-order chi connectivity index (χ1) is 8.02. The van der Waals surface area contributed by atoms with Crippen molar-refractivity contribution in [1.82, 2.24) is 5.32 Å². The van der Waals surface area contributed by atoms with Gasteiger partial charge in [-0.3, -0.25) is 0 Å². The Labute approximate surface area is 97.8 Å². The molecule has 2 nitrogen and oxygen atoms in total. The standard InChI is InChI=1S/C12H14F3NO/c13-12(14,15)9-17-8-11(6-16-7-11)10-4-2-1-3-5-10/h1-5,16H,6-9H2. The Kier molecular flexibility index (Phi) is 3.40. The van der Waals surface area contributed by atoms with Crippen LogP contribution in [0, 0.1) is 0 Å². The van der Waals surface area contributed by atoms with Crippen LogP contribution in [0.4, 0.5) is 13.2 Å². The van der Waals surface area contributed by atoms with Crippen molar-refractivity contribution in [2.45, 2.75) is 11.6 Å². The normalized spacial score (nSPS) is 18.8. The number of alkyl halides is 3. The van der Waals surface area contributed by atoms with Crippen LogP contribution >= 0.6 is 0 Å². The summed E-state index contributed by atoms with van der Waals surface area (Å²) >= 11 is 0. The third-order valence-electron chi connectivity index (χ3n) is 2.96. The fourth-order valence-corrected chi connectivity index (χ4v) is 1.97.